The number of unbranched alkanes of at least 4 members (excludes halogenated alkanes) is 1. The molecule has 4 aliphatic carbocycles. The normalized spacial score (nSPS) is 30.8. The summed E-state index contributed by atoms with van der Waals surface area (Å²) in [6, 6.07) is 4.70. The highest BCUT2D eigenvalue weighted by Gasteiger charge is 2.44. The minimum absolute atomic E-state index is 0.0745. The molecule has 1 aromatic carbocycles. The van der Waals surface area contributed by atoms with Crippen LogP contribution in [0.3, 0.4) is 0 Å². The maximum atomic E-state index is 13.9. The lowest BCUT2D eigenvalue weighted by Crippen LogP contribution is -2.54. The Morgan fingerprint density at radius 2 is 1.04 bits per heavy atom. The van der Waals surface area contributed by atoms with Crippen molar-refractivity contribution in [3.8, 4) is 5.75 Å². The first-order valence-corrected chi connectivity index (χ1v) is 26.0. The van der Waals surface area contributed by atoms with Crippen molar-refractivity contribution in [3.05, 3.63) is 29.8 Å². The Labute approximate surface area is 410 Å². The van der Waals surface area contributed by atoms with Gasteiger partial charge in [0.2, 0.25) is 41.4 Å². The molecule has 386 valence electrons. The number of carbonyl (C=O) groups is 8. The van der Waals surface area contributed by atoms with Gasteiger partial charge in [0.25, 0.3) is 0 Å². The topological polar surface area (TPSA) is 306 Å². The van der Waals surface area contributed by atoms with Gasteiger partial charge in [0, 0.05) is 62.5 Å². The molecule has 4 saturated carbocycles. The molecule has 20 nitrogen and oxygen atoms in total. The molecular weight excluding hydrogens is 899 g/mol. The third-order valence-electron chi connectivity index (χ3n) is 16.0. The Bertz CT molecular complexity index is 2020. The first kappa shape index (κ1) is 52.6. The molecule has 7 amide bonds. The van der Waals surface area contributed by atoms with Crippen molar-refractivity contribution >= 4 is 47.1 Å². The fraction of sp³-hybridized carbons (Fsp3) is 0.720. The molecule has 20 heteroatoms. The summed E-state index contributed by atoms with van der Waals surface area (Å²) in [4.78, 5) is 107. The van der Waals surface area contributed by atoms with Gasteiger partial charge < -0.3 is 64.1 Å². The molecule has 2 saturated heterocycles. The van der Waals surface area contributed by atoms with E-state index in [2.05, 4.69) is 47.9 Å². The lowest BCUT2D eigenvalue weighted by molar-refractivity contribution is -0.131. The molecule has 0 bridgehead atoms. The molecule has 2 aliphatic heterocycles. The van der Waals surface area contributed by atoms with Gasteiger partial charge in [-0.25, -0.2) is 0 Å². The molecule has 13 unspecified atom stereocenters. The summed E-state index contributed by atoms with van der Waals surface area (Å²) in [5, 5.41) is 28.3. The molecule has 13 atom stereocenters. The van der Waals surface area contributed by atoms with Crippen molar-refractivity contribution in [1.29, 1.82) is 0 Å². The molecular formula is C50H77N11O9. The number of carbonyl (C=O) groups excluding carboxylic acids is 8. The van der Waals surface area contributed by atoms with Crippen molar-refractivity contribution in [2.24, 2.45) is 52.9 Å². The van der Waals surface area contributed by atoms with Crippen LogP contribution < -0.4 is 64.1 Å². The second kappa shape index (κ2) is 25.3. The molecule has 1 aromatic rings. The SMILES string of the molecule is COc1ccc(C(=O)CNC2CCCC2C(=O)NC2CNCC2C(=O)NC2CCCC2C(=O)NC2CNCC2C(=O)NC2CCCC2C(=O)NCC(CCCCN)C(=O)NC2CCCC2C(N)=O)cc1. The van der Waals surface area contributed by atoms with E-state index in [9.17, 15) is 38.4 Å². The number of hydrogen-bond donors (Lipinski definition) is 11. The molecule has 0 aromatic heterocycles. The standard InChI is InChI=1S/C50H77N11O9/c1-70-30-19-17-28(18-20-30)43(62)27-55-37-13-5-10-32(37)47(66)60-41-25-53-23-35(41)50(69)59-40-16-7-12-34(40)48(67)61-42-26-54-24-36(42)49(68)58-39-15-6-11-33(39)46(65)56-22-29(8-2-3-21-51)45(64)57-38-14-4-9-31(38)44(52)63/h17-20,29,31-42,53-55H,2-16,21-27,51H2,1H3,(H2,52,63)(H,56,65)(H,57,64)(H,58,68)(H,59,69)(H,60,66)(H,61,67). The number of amides is 7. The third-order valence-corrected chi connectivity index (χ3v) is 16.0. The minimum Gasteiger partial charge on any atom is -0.497 e. The predicted molar refractivity (Wildman–Crippen MR) is 259 cm³/mol. The van der Waals surface area contributed by atoms with Crippen LogP contribution in [-0.4, -0.2) is 136 Å². The first-order chi connectivity index (χ1) is 33.8. The van der Waals surface area contributed by atoms with Gasteiger partial charge in [-0.3, -0.25) is 38.4 Å². The van der Waals surface area contributed by atoms with Gasteiger partial charge in [-0.1, -0.05) is 32.1 Å². The summed E-state index contributed by atoms with van der Waals surface area (Å²) in [6.07, 6.45) is 10.3. The van der Waals surface area contributed by atoms with Gasteiger partial charge in [0.15, 0.2) is 5.78 Å². The van der Waals surface area contributed by atoms with Crippen LogP contribution in [0.4, 0.5) is 0 Å². The second-order valence-corrected chi connectivity index (χ2v) is 20.5. The van der Waals surface area contributed by atoms with Gasteiger partial charge in [-0.05, 0) is 95.0 Å². The number of nitrogens with one attached hydrogen (secondary N) is 9. The van der Waals surface area contributed by atoms with E-state index in [1.54, 1.807) is 31.4 Å². The molecule has 0 radical (unpaired) electrons. The molecule has 7 rings (SSSR count). The minimum atomic E-state index is -0.573. The Hall–Kier alpha value is -5.18. The van der Waals surface area contributed by atoms with Crippen LogP contribution in [0, 0.1) is 41.4 Å². The van der Waals surface area contributed by atoms with E-state index in [0.717, 1.165) is 38.5 Å². The number of Topliss-reactive ketones (excluding diaryl/α,β-unsaturated/α-hetero) is 1. The Morgan fingerprint density at radius 3 is 1.57 bits per heavy atom. The monoisotopic (exact) mass is 976 g/mol. The van der Waals surface area contributed by atoms with Crippen LogP contribution in [0.2, 0.25) is 0 Å². The Morgan fingerprint density at radius 1 is 0.571 bits per heavy atom. The van der Waals surface area contributed by atoms with Crippen molar-refractivity contribution < 1.29 is 43.1 Å². The van der Waals surface area contributed by atoms with E-state index in [4.69, 9.17) is 16.2 Å². The van der Waals surface area contributed by atoms with Crippen LogP contribution >= 0.6 is 0 Å². The van der Waals surface area contributed by atoms with Crippen LogP contribution in [0.1, 0.15) is 107 Å². The highest BCUT2D eigenvalue weighted by atomic mass is 16.5. The van der Waals surface area contributed by atoms with E-state index in [1.807, 2.05) is 0 Å². The average molecular weight is 976 g/mol. The number of ketones is 1. The lowest BCUT2D eigenvalue weighted by Gasteiger charge is -2.28. The fourth-order valence-corrected chi connectivity index (χ4v) is 11.9. The van der Waals surface area contributed by atoms with E-state index in [0.29, 0.717) is 102 Å². The molecule has 6 aliphatic rings. The molecule has 2 heterocycles. The molecule has 6 fully saturated rings. The number of primary amides is 1. The summed E-state index contributed by atoms with van der Waals surface area (Å²) in [7, 11) is 1.57. The third kappa shape index (κ3) is 13.4. The smallest absolute Gasteiger partial charge is 0.226 e. The van der Waals surface area contributed by atoms with Crippen LogP contribution in [-0.2, 0) is 33.6 Å². The zero-order valence-electron chi connectivity index (χ0n) is 40.7. The highest BCUT2D eigenvalue weighted by molar-refractivity contribution is 5.98. The average Bonchev–Trinajstić information content (AvgIpc) is 4.22. The highest BCUT2D eigenvalue weighted by Crippen LogP contribution is 2.31. The van der Waals surface area contributed by atoms with Crippen molar-refractivity contribution in [2.75, 3.05) is 52.9 Å². The molecule has 0 spiro atoms. The van der Waals surface area contributed by atoms with E-state index in [1.165, 1.54) is 0 Å². The fourth-order valence-electron chi connectivity index (χ4n) is 11.9. The van der Waals surface area contributed by atoms with Crippen LogP contribution in [0.25, 0.3) is 0 Å². The summed E-state index contributed by atoms with van der Waals surface area (Å²) >= 11 is 0. The van der Waals surface area contributed by atoms with Gasteiger partial charge >= 0.3 is 0 Å². The number of nitrogens with two attached hydrogens (primary N) is 2. The summed E-state index contributed by atoms with van der Waals surface area (Å²) in [5.41, 5.74) is 11.9. The molecule has 13 N–H and O–H groups in total. The van der Waals surface area contributed by atoms with E-state index in [-0.39, 0.29) is 72.3 Å². The van der Waals surface area contributed by atoms with Gasteiger partial charge in [-0.15, -0.1) is 0 Å². The maximum absolute atomic E-state index is 13.9. The Balaban J connectivity index is 0.861. The number of benzene rings is 1. The maximum Gasteiger partial charge on any atom is 0.226 e. The second-order valence-electron chi connectivity index (χ2n) is 20.5. The number of methoxy groups -OCH3 is 1. The van der Waals surface area contributed by atoms with E-state index >= 15 is 0 Å². The number of ether oxygens (including phenoxy) is 1. The van der Waals surface area contributed by atoms with Crippen molar-refractivity contribution in [3.63, 3.8) is 0 Å². The molecule has 70 heavy (non-hydrogen) atoms. The van der Waals surface area contributed by atoms with Crippen molar-refractivity contribution in [1.82, 2.24) is 47.9 Å². The zero-order chi connectivity index (χ0) is 49.7. The number of hydrogen-bond acceptors (Lipinski definition) is 13. The van der Waals surface area contributed by atoms with E-state index < -0.39 is 65.6 Å². The predicted octanol–water partition coefficient (Wildman–Crippen LogP) is -0.754. The summed E-state index contributed by atoms with van der Waals surface area (Å²) in [6.45, 7) is 2.26. The Kier molecular flexibility index (Phi) is 19.0. The largest absolute Gasteiger partial charge is 0.497 e. The zero-order valence-corrected chi connectivity index (χ0v) is 40.7. The lowest BCUT2D eigenvalue weighted by atomic mass is 9.95. The summed E-state index contributed by atoms with van der Waals surface area (Å²) in [5.74, 6) is -4.47. The van der Waals surface area contributed by atoms with Crippen LogP contribution in [0.5, 0.6) is 5.75 Å². The summed E-state index contributed by atoms with van der Waals surface area (Å²) < 4.78 is 5.19. The van der Waals surface area contributed by atoms with Crippen molar-refractivity contribution in [2.45, 2.75) is 133 Å². The van der Waals surface area contributed by atoms with Gasteiger partial charge in [0.05, 0.1) is 67.2 Å². The van der Waals surface area contributed by atoms with Gasteiger partial charge in [-0.2, -0.15) is 0 Å². The number of rotatable bonds is 23. The first-order valence-electron chi connectivity index (χ1n) is 26.0. The quantitative estimate of drug-likeness (QED) is 0.0476. The van der Waals surface area contributed by atoms with Crippen LogP contribution in [0.15, 0.2) is 24.3 Å². The van der Waals surface area contributed by atoms with Gasteiger partial charge in [0.1, 0.15) is 5.75 Å².